The second-order valence-corrected chi connectivity index (χ2v) is 3.61. The average Bonchev–Trinajstić information content (AvgIpc) is 2.33. The predicted octanol–water partition coefficient (Wildman–Crippen LogP) is 2.63. The molecule has 1 heterocycles. The molecule has 90 valence electrons. The monoisotopic (exact) mass is 231 g/mol. The second-order valence-electron chi connectivity index (χ2n) is 3.61. The zero-order valence-electron chi connectivity index (χ0n) is 9.97. The third kappa shape index (κ3) is 3.79. The molecular formula is C14H17NO2. The topological polar surface area (TPSA) is 42.2 Å². The van der Waals surface area contributed by atoms with E-state index in [1.807, 2.05) is 18.2 Å². The van der Waals surface area contributed by atoms with Crippen LogP contribution in [0.4, 0.5) is 0 Å². The van der Waals surface area contributed by atoms with Gasteiger partial charge in [-0.05, 0) is 24.1 Å². The Kier molecular flexibility index (Phi) is 5.01. The van der Waals surface area contributed by atoms with E-state index in [0.29, 0.717) is 6.54 Å². The van der Waals surface area contributed by atoms with Crippen LogP contribution in [-0.2, 0) is 6.54 Å². The number of pyridine rings is 1. The first kappa shape index (κ1) is 13.0. The number of aromatic hydroxyl groups is 1. The first-order valence-electron chi connectivity index (χ1n) is 5.55. The van der Waals surface area contributed by atoms with Gasteiger partial charge in [0.15, 0.2) is 5.75 Å². The van der Waals surface area contributed by atoms with E-state index in [2.05, 4.69) is 13.5 Å². The van der Waals surface area contributed by atoms with Crippen LogP contribution in [0.2, 0.25) is 0 Å². The van der Waals surface area contributed by atoms with Crippen molar-refractivity contribution in [1.82, 2.24) is 4.57 Å². The van der Waals surface area contributed by atoms with E-state index >= 15 is 0 Å². The maximum absolute atomic E-state index is 11.6. The predicted molar refractivity (Wildman–Crippen MR) is 70.1 cm³/mol. The average molecular weight is 231 g/mol. The van der Waals surface area contributed by atoms with Crippen molar-refractivity contribution >= 4 is 0 Å². The summed E-state index contributed by atoms with van der Waals surface area (Å²) in [5.74, 6) is -0.236. The molecule has 0 saturated heterocycles. The van der Waals surface area contributed by atoms with Crippen molar-refractivity contribution in [1.29, 1.82) is 0 Å². The van der Waals surface area contributed by atoms with E-state index in [1.54, 1.807) is 18.3 Å². The standard InChI is InChI=1S/C14H17NO2/c1-3-5-6-8-12(4-2)11-15-10-7-9-13(16)14(15)17/h4-10,16H,2-3,11H2,1H3/b6-5-,12-8+. The van der Waals surface area contributed by atoms with Crippen molar-refractivity contribution in [2.75, 3.05) is 0 Å². The second kappa shape index (κ2) is 6.53. The molecule has 17 heavy (non-hydrogen) atoms. The summed E-state index contributed by atoms with van der Waals surface area (Å²) in [6.07, 6.45) is 10.2. The summed E-state index contributed by atoms with van der Waals surface area (Å²) in [4.78, 5) is 11.6. The molecule has 3 nitrogen and oxygen atoms in total. The van der Waals surface area contributed by atoms with Crippen LogP contribution in [0.5, 0.6) is 5.75 Å². The van der Waals surface area contributed by atoms with Crippen LogP contribution < -0.4 is 5.56 Å². The molecule has 0 bridgehead atoms. The van der Waals surface area contributed by atoms with Gasteiger partial charge in [0.1, 0.15) is 0 Å². The number of hydrogen-bond acceptors (Lipinski definition) is 2. The van der Waals surface area contributed by atoms with E-state index in [0.717, 1.165) is 12.0 Å². The molecule has 1 rings (SSSR count). The zero-order chi connectivity index (χ0) is 12.7. The van der Waals surface area contributed by atoms with Gasteiger partial charge in [-0.1, -0.05) is 37.8 Å². The van der Waals surface area contributed by atoms with Gasteiger partial charge in [-0.2, -0.15) is 0 Å². The van der Waals surface area contributed by atoms with E-state index in [4.69, 9.17) is 0 Å². The molecular weight excluding hydrogens is 214 g/mol. The summed E-state index contributed by atoms with van der Waals surface area (Å²) in [5, 5.41) is 9.31. The highest BCUT2D eigenvalue weighted by molar-refractivity contribution is 5.23. The highest BCUT2D eigenvalue weighted by atomic mass is 16.3. The summed E-state index contributed by atoms with van der Waals surface area (Å²) in [6.45, 7) is 6.17. The van der Waals surface area contributed by atoms with Crippen molar-refractivity contribution < 1.29 is 5.11 Å². The Morgan fingerprint density at radius 2 is 2.35 bits per heavy atom. The van der Waals surface area contributed by atoms with Crippen LogP contribution in [0.3, 0.4) is 0 Å². The molecule has 3 heteroatoms. The molecule has 0 aliphatic rings. The Hall–Kier alpha value is -2.03. The third-order valence-corrected chi connectivity index (χ3v) is 2.30. The molecule has 0 fully saturated rings. The summed E-state index contributed by atoms with van der Waals surface area (Å²) in [6, 6.07) is 3.02. The van der Waals surface area contributed by atoms with Crippen molar-refractivity contribution in [2.24, 2.45) is 0 Å². The molecule has 0 unspecified atom stereocenters. The number of hydrogen-bond donors (Lipinski definition) is 1. The Bertz CT molecular complexity index is 495. The molecule has 0 aliphatic heterocycles. The normalized spacial score (nSPS) is 11.9. The number of aromatic nitrogens is 1. The fraction of sp³-hybridized carbons (Fsp3) is 0.214. The minimum atomic E-state index is -0.389. The van der Waals surface area contributed by atoms with Crippen LogP contribution in [0.25, 0.3) is 0 Å². The molecule has 1 N–H and O–H groups in total. The largest absolute Gasteiger partial charge is 0.503 e. The van der Waals surface area contributed by atoms with Crippen LogP contribution in [0, 0.1) is 0 Å². The molecule has 0 radical (unpaired) electrons. The van der Waals surface area contributed by atoms with Gasteiger partial charge in [-0.15, -0.1) is 0 Å². The molecule has 0 aliphatic carbocycles. The molecule has 0 atom stereocenters. The molecule has 0 aromatic carbocycles. The SMILES string of the molecule is C=C/C(=C\C=C/CC)Cn1cccc(O)c1=O. The Labute approximate surface area is 101 Å². The molecule has 0 spiro atoms. The number of rotatable bonds is 5. The van der Waals surface area contributed by atoms with Crippen molar-refractivity contribution in [2.45, 2.75) is 19.9 Å². The number of nitrogens with zero attached hydrogens (tertiary/aromatic N) is 1. The summed E-state index contributed by atoms with van der Waals surface area (Å²) < 4.78 is 1.45. The van der Waals surface area contributed by atoms with Gasteiger partial charge in [0.2, 0.25) is 0 Å². The maximum atomic E-state index is 11.6. The van der Waals surface area contributed by atoms with Gasteiger partial charge >= 0.3 is 0 Å². The number of allylic oxidation sites excluding steroid dienone is 5. The Morgan fingerprint density at radius 3 is 3.00 bits per heavy atom. The van der Waals surface area contributed by atoms with Gasteiger partial charge in [0, 0.05) is 6.20 Å². The quantitative estimate of drug-likeness (QED) is 0.791. The lowest BCUT2D eigenvalue weighted by Crippen LogP contribution is -2.19. The molecule has 0 saturated carbocycles. The molecule has 1 aromatic rings. The van der Waals surface area contributed by atoms with E-state index in [1.165, 1.54) is 10.6 Å². The van der Waals surface area contributed by atoms with E-state index in [9.17, 15) is 9.90 Å². The van der Waals surface area contributed by atoms with Crippen molar-refractivity contribution in [3.05, 3.63) is 65.1 Å². The highest BCUT2D eigenvalue weighted by Gasteiger charge is 2.01. The van der Waals surface area contributed by atoms with E-state index < -0.39 is 0 Å². The first-order valence-corrected chi connectivity index (χ1v) is 5.55. The molecule has 1 aromatic heterocycles. The smallest absolute Gasteiger partial charge is 0.292 e. The van der Waals surface area contributed by atoms with Gasteiger partial charge < -0.3 is 9.67 Å². The fourth-order valence-electron chi connectivity index (χ4n) is 1.36. The zero-order valence-corrected chi connectivity index (χ0v) is 9.97. The minimum absolute atomic E-state index is 0.236. The third-order valence-electron chi connectivity index (χ3n) is 2.30. The maximum Gasteiger partial charge on any atom is 0.292 e. The fourth-order valence-corrected chi connectivity index (χ4v) is 1.36. The summed E-state index contributed by atoms with van der Waals surface area (Å²) in [5.41, 5.74) is 0.530. The van der Waals surface area contributed by atoms with Gasteiger partial charge in [0.25, 0.3) is 5.56 Å². The van der Waals surface area contributed by atoms with Gasteiger partial charge in [0.05, 0.1) is 6.54 Å². The lowest BCUT2D eigenvalue weighted by Gasteiger charge is -2.05. The minimum Gasteiger partial charge on any atom is -0.503 e. The van der Waals surface area contributed by atoms with Crippen LogP contribution in [-0.4, -0.2) is 9.67 Å². The van der Waals surface area contributed by atoms with Crippen LogP contribution in [0.1, 0.15) is 13.3 Å². The van der Waals surface area contributed by atoms with Gasteiger partial charge in [-0.3, -0.25) is 4.79 Å². The lowest BCUT2D eigenvalue weighted by molar-refractivity contribution is 0.459. The Morgan fingerprint density at radius 1 is 1.59 bits per heavy atom. The van der Waals surface area contributed by atoms with Crippen LogP contribution in [0.15, 0.2) is 59.6 Å². The Balaban J connectivity index is 2.92. The lowest BCUT2D eigenvalue weighted by atomic mass is 10.2. The van der Waals surface area contributed by atoms with Gasteiger partial charge in [-0.25, -0.2) is 0 Å². The first-order chi connectivity index (χ1) is 8.19. The summed E-state index contributed by atoms with van der Waals surface area (Å²) >= 11 is 0. The van der Waals surface area contributed by atoms with Crippen molar-refractivity contribution in [3.8, 4) is 5.75 Å². The summed E-state index contributed by atoms with van der Waals surface area (Å²) in [7, 11) is 0. The highest BCUT2D eigenvalue weighted by Crippen LogP contribution is 2.03. The molecule has 0 amide bonds. The van der Waals surface area contributed by atoms with Crippen molar-refractivity contribution in [3.63, 3.8) is 0 Å². The van der Waals surface area contributed by atoms with Crippen LogP contribution >= 0.6 is 0 Å². The van der Waals surface area contributed by atoms with E-state index in [-0.39, 0.29) is 11.3 Å².